The fourth-order valence-corrected chi connectivity index (χ4v) is 11.3. The summed E-state index contributed by atoms with van der Waals surface area (Å²) < 4.78 is 30.0. The second-order valence-corrected chi connectivity index (χ2v) is 21.1. The van der Waals surface area contributed by atoms with E-state index in [1.54, 1.807) is 38.2 Å². The lowest BCUT2D eigenvalue weighted by molar-refractivity contribution is -0.128. The first-order valence-corrected chi connectivity index (χ1v) is 26.9. The van der Waals surface area contributed by atoms with Crippen LogP contribution in [0, 0.1) is 11.8 Å². The molecule has 4 aliphatic heterocycles. The molecule has 2 aliphatic carbocycles. The Hall–Kier alpha value is -7.82. The zero-order valence-electron chi connectivity index (χ0n) is 44.3. The zero-order chi connectivity index (χ0) is 53.3. The number of nitrogens with zero attached hydrogens (tertiary/aromatic N) is 2. The van der Waals surface area contributed by atoms with E-state index in [-0.39, 0.29) is 54.3 Å². The van der Waals surface area contributed by atoms with Gasteiger partial charge in [-0.25, -0.2) is 0 Å². The van der Waals surface area contributed by atoms with E-state index in [1.165, 1.54) is 40.7 Å². The molecule has 400 valence electrons. The lowest BCUT2D eigenvalue weighted by atomic mass is 9.98. The van der Waals surface area contributed by atoms with E-state index < -0.39 is 12.1 Å². The molecule has 5 N–H and O–H groups in total. The largest absolute Gasteiger partial charge is 0.493 e. The van der Waals surface area contributed by atoms with Gasteiger partial charge in [0.1, 0.15) is 6.04 Å². The molecule has 16 heteroatoms. The van der Waals surface area contributed by atoms with Gasteiger partial charge >= 0.3 is 0 Å². The van der Waals surface area contributed by atoms with Crippen molar-refractivity contribution < 1.29 is 42.9 Å². The van der Waals surface area contributed by atoms with Crippen molar-refractivity contribution in [3.05, 3.63) is 143 Å². The second-order valence-electron chi connectivity index (χ2n) is 21.1. The van der Waals surface area contributed by atoms with E-state index >= 15 is 0 Å². The molecule has 0 saturated heterocycles. The maximum atomic E-state index is 14.2. The van der Waals surface area contributed by atoms with E-state index in [0.29, 0.717) is 97.2 Å². The van der Waals surface area contributed by atoms with Crippen molar-refractivity contribution in [2.75, 3.05) is 69.8 Å². The molecule has 4 amide bonds. The van der Waals surface area contributed by atoms with E-state index in [4.69, 9.17) is 23.7 Å². The highest BCUT2D eigenvalue weighted by molar-refractivity contribution is 6.04. The molecule has 0 radical (unpaired) electrons. The van der Waals surface area contributed by atoms with E-state index in [2.05, 4.69) is 81.3 Å². The monoisotopic (exact) mass is 1040 g/mol. The number of carbonyl (C=O) groups is 4. The molecule has 11 rings (SSSR count). The number of rotatable bonds is 20. The van der Waals surface area contributed by atoms with Crippen LogP contribution >= 0.6 is 0 Å². The summed E-state index contributed by atoms with van der Waals surface area (Å²) in [6, 6.07) is 30.1. The van der Waals surface area contributed by atoms with Gasteiger partial charge < -0.3 is 54.8 Å². The lowest BCUT2D eigenvalue weighted by Crippen LogP contribution is -2.52. The van der Waals surface area contributed by atoms with Crippen molar-refractivity contribution >= 4 is 46.3 Å². The van der Waals surface area contributed by atoms with Crippen LogP contribution < -0.4 is 45.5 Å². The van der Waals surface area contributed by atoms with Gasteiger partial charge in [0.15, 0.2) is 23.0 Å². The van der Waals surface area contributed by atoms with Gasteiger partial charge in [0.2, 0.25) is 11.8 Å². The van der Waals surface area contributed by atoms with Gasteiger partial charge in [-0.1, -0.05) is 74.5 Å². The Labute approximate surface area is 449 Å². The van der Waals surface area contributed by atoms with Gasteiger partial charge in [0.05, 0.1) is 81.4 Å². The fraction of sp³-hybridized carbons (Fsp3) is 0.377. The smallest absolute Gasteiger partial charge is 0.260 e. The Balaban J connectivity index is 0.648. The molecule has 1 fully saturated rings. The number of carbonyl (C=O) groups excluding carboxylic acids is 4. The van der Waals surface area contributed by atoms with Crippen molar-refractivity contribution in [3.8, 4) is 34.1 Å². The third kappa shape index (κ3) is 10.6. The average Bonchev–Trinajstić information content (AvgIpc) is 4.04. The summed E-state index contributed by atoms with van der Waals surface area (Å²) in [6.45, 7) is 8.06. The first-order chi connectivity index (χ1) is 37.5. The number of nitrogens with one attached hydrogen (secondary N) is 5. The van der Waals surface area contributed by atoms with Crippen molar-refractivity contribution in [2.24, 2.45) is 11.8 Å². The average molecular weight is 1040 g/mol. The summed E-state index contributed by atoms with van der Waals surface area (Å²) in [5, 5.41) is 16.1. The Morgan fingerprint density at radius 1 is 0.675 bits per heavy atom. The Morgan fingerprint density at radius 2 is 1.25 bits per heavy atom. The molecule has 1 saturated carbocycles. The molecule has 0 spiro atoms. The Bertz CT molecular complexity index is 3110. The van der Waals surface area contributed by atoms with Gasteiger partial charge in [-0.2, -0.15) is 0 Å². The molecule has 16 nitrogen and oxygen atoms in total. The predicted octanol–water partition coefficient (Wildman–Crippen LogP) is 9.01. The van der Waals surface area contributed by atoms with Crippen LogP contribution in [-0.2, 0) is 14.3 Å². The predicted molar refractivity (Wildman–Crippen MR) is 295 cm³/mol. The topological polar surface area (TPSA) is 181 Å². The van der Waals surface area contributed by atoms with Crippen molar-refractivity contribution in [1.29, 1.82) is 0 Å². The highest BCUT2D eigenvalue weighted by Crippen LogP contribution is 2.46. The van der Waals surface area contributed by atoms with Gasteiger partial charge in [-0.05, 0) is 108 Å². The lowest BCUT2D eigenvalue weighted by Gasteiger charge is -2.24. The summed E-state index contributed by atoms with van der Waals surface area (Å²) in [5.41, 5.74) is 11.2. The summed E-state index contributed by atoms with van der Waals surface area (Å²) in [5.74, 6) is 1.84. The molecule has 6 aliphatic rings. The summed E-state index contributed by atoms with van der Waals surface area (Å²) >= 11 is 0. The van der Waals surface area contributed by atoms with Crippen LogP contribution in [0.2, 0.25) is 0 Å². The number of ether oxygens (including phenoxy) is 5. The first-order valence-electron chi connectivity index (χ1n) is 26.9. The minimum atomic E-state index is -0.802. The van der Waals surface area contributed by atoms with Crippen LogP contribution in [-0.4, -0.2) is 111 Å². The number of hydrogen-bond acceptors (Lipinski definition) is 12. The number of amides is 4. The van der Waals surface area contributed by atoms with Gasteiger partial charge in [0, 0.05) is 55.6 Å². The Kier molecular flexibility index (Phi) is 14.7. The number of hydrogen-bond donors (Lipinski definition) is 5. The minimum Gasteiger partial charge on any atom is -0.493 e. The van der Waals surface area contributed by atoms with Gasteiger partial charge in [0.25, 0.3) is 11.8 Å². The van der Waals surface area contributed by atoms with Crippen LogP contribution in [0.15, 0.2) is 115 Å². The van der Waals surface area contributed by atoms with Crippen LogP contribution in [0.4, 0.5) is 17.1 Å². The van der Waals surface area contributed by atoms with Crippen molar-refractivity contribution in [2.45, 2.75) is 83.0 Å². The number of anilines is 3. The third-order valence-electron chi connectivity index (χ3n) is 15.7. The number of benzene rings is 5. The van der Waals surface area contributed by atoms with Crippen molar-refractivity contribution in [3.63, 3.8) is 0 Å². The molecule has 0 aromatic heterocycles. The molecular weight excluding hydrogens is 975 g/mol. The minimum absolute atomic E-state index is 0.0276. The quantitative estimate of drug-likeness (QED) is 0.0369. The summed E-state index contributed by atoms with van der Waals surface area (Å²) in [6.07, 6.45) is 8.48. The van der Waals surface area contributed by atoms with E-state index in [9.17, 15) is 19.2 Å². The van der Waals surface area contributed by atoms with Crippen LogP contribution in [0.5, 0.6) is 23.0 Å². The number of methoxy groups -OCH3 is 2. The van der Waals surface area contributed by atoms with E-state index in [0.717, 1.165) is 23.2 Å². The van der Waals surface area contributed by atoms with E-state index in [1.807, 2.05) is 61.3 Å². The normalized spacial score (nSPS) is 18.9. The molecule has 5 aromatic rings. The van der Waals surface area contributed by atoms with Gasteiger partial charge in [-0.15, -0.1) is 0 Å². The standard InChI is InChI=1S/C61H67N7O9/c1-35(2)57(64-34-75-33-50-46-13-8-6-11-44(46)45-12-7-9-14-47(45)50)59(70)65-36(3)58(69)66-41-19-17-38(18-20-41)40-24-43-30-63-52-28-56(54(74-5)26-49(52)61(72)68(43)32-40)77-22-10-21-76-55-27-51-48(25-53(55)73-4)60(71)67-31-39(37-15-16-37)23-42(67)29-62-51/h6-9,11-14,17-20,25-28,31-32,35-37,42-43,50,57,62-64H,10,15-16,21-24,29-30,33-34H2,1-5H3,(H,65,70)(H,66,69)/t36-,42-,43-,57-/m0/s1. The highest BCUT2D eigenvalue weighted by Gasteiger charge is 2.40. The molecule has 5 aromatic carbocycles. The third-order valence-corrected chi connectivity index (χ3v) is 15.7. The fourth-order valence-electron chi connectivity index (χ4n) is 11.3. The Morgan fingerprint density at radius 3 is 1.82 bits per heavy atom. The van der Waals surface area contributed by atoms with Crippen LogP contribution in [0.3, 0.4) is 0 Å². The van der Waals surface area contributed by atoms with Crippen LogP contribution in [0.1, 0.15) is 96.2 Å². The molecule has 77 heavy (non-hydrogen) atoms. The molecule has 4 heterocycles. The zero-order valence-corrected chi connectivity index (χ0v) is 44.3. The van der Waals surface area contributed by atoms with Crippen molar-refractivity contribution in [1.82, 2.24) is 20.4 Å². The molecule has 0 unspecified atom stereocenters. The van der Waals surface area contributed by atoms with Gasteiger partial charge in [-0.3, -0.25) is 24.5 Å². The molecule has 0 bridgehead atoms. The molecular formula is C61H67N7O9. The highest BCUT2D eigenvalue weighted by atomic mass is 16.5. The molecule has 4 atom stereocenters. The number of fused-ring (bicyclic) bond motifs is 7. The maximum absolute atomic E-state index is 14.2. The van der Waals surface area contributed by atoms with Crippen LogP contribution in [0.25, 0.3) is 16.7 Å². The first kappa shape index (κ1) is 51.3. The SMILES string of the molecule is COc1cc2c(cc1OCCCOc1cc3c(cc1OC)C(=O)N1C=C(C4CC4)C[C@H]1CN3)NC[C@@H]1CC(c3ccc(NC(=O)[C@H](C)NC(=O)[C@@H](NCOCC4c5ccccc5-c5ccccc54)C(C)C)cc3)=CN1C2=O. The second kappa shape index (κ2) is 22.0. The summed E-state index contributed by atoms with van der Waals surface area (Å²) in [7, 11) is 3.13. The summed E-state index contributed by atoms with van der Waals surface area (Å²) in [4.78, 5) is 58.3. The maximum Gasteiger partial charge on any atom is 0.260 e.